The Balaban J connectivity index is 2.37. The molecule has 0 aromatic heterocycles. The number of thioether (sulfide) groups is 1. The average molecular weight is 262 g/mol. The first-order valence-electron chi connectivity index (χ1n) is 6.20. The number of hydrogen-bond acceptors (Lipinski definition) is 4. The molecule has 0 radical (unpaired) electrons. The van der Waals surface area contributed by atoms with Crippen molar-refractivity contribution >= 4 is 17.4 Å². The van der Waals surface area contributed by atoms with E-state index >= 15 is 0 Å². The Hall–Kier alpha value is -1.18. The van der Waals surface area contributed by atoms with Crippen LogP contribution in [-0.2, 0) is 0 Å². The predicted molar refractivity (Wildman–Crippen MR) is 75.9 cm³/mol. The summed E-state index contributed by atoms with van der Waals surface area (Å²) in [6.45, 7) is 5.93. The monoisotopic (exact) mass is 262 g/mol. The number of nitriles is 1. The van der Waals surface area contributed by atoms with Crippen LogP contribution in [0, 0.1) is 11.3 Å². The van der Waals surface area contributed by atoms with Crippen molar-refractivity contribution in [3.63, 3.8) is 0 Å². The molecule has 1 aliphatic rings. The average Bonchev–Trinajstić information content (AvgIpc) is 2.38. The maximum Gasteiger partial charge on any atom is 0.0992 e. The molecule has 96 valence electrons. The first-order chi connectivity index (χ1) is 8.61. The van der Waals surface area contributed by atoms with Crippen LogP contribution in [0.4, 0.5) is 5.69 Å². The van der Waals surface area contributed by atoms with E-state index in [0.29, 0.717) is 10.8 Å². The third kappa shape index (κ3) is 2.80. The number of rotatable bonds is 2. The summed E-state index contributed by atoms with van der Waals surface area (Å²) in [4.78, 5) is 2.28. The van der Waals surface area contributed by atoms with Crippen molar-refractivity contribution in [2.45, 2.75) is 25.2 Å². The van der Waals surface area contributed by atoms with E-state index in [2.05, 4.69) is 17.9 Å². The number of hydrogen-bond donors (Lipinski definition) is 1. The van der Waals surface area contributed by atoms with E-state index in [0.717, 1.165) is 30.1 Å². The Morgan fingerprint density at radius 3 is 2.94 bits per heavy atom. The zero-order valence-corrected chi connectivity index (χ0v) is 11.6. The molecular formula is C14H18N2OS. The molecule has 1 N–H and O–H groups in total. The van der Waals surface area contributed by atoms with Crippen molar-refractivity contribution < 1.29 is 5.11 Å². The van der Waals surface area contributed by atoms with Crippen molar-refractivity contribution in [1.29, 1.82) is 5.26 Å². The first-order valence-corrected chi connectivity index (χ1v) is 7.25. The van der Waals surface area contributed by atoms with Gasteiger partial charge in [-0.15, -0.1) is 0 Å². The Kier molecular flexibility index (Phi) is 4.15. The van der Waals surface area contributed by atoms with Gasteiger partial charge in [-0.05, 0) is 19.1 Å². The van der Waals surface area contributed by atoms with E-state index in [4.69, 9.17) is 5.26 Å². The minimum absolute atomic E-state index is 0.502. The van der Waals surface area contributed by atoms with Crippen LogP contribution in [0.25, 0.3) is 0 Å². The topological polar surface area (TPSA) is 47.3 Å². The van der Waals surface area contributed by atoms with Crippen LogP contribution in [0.15, 0.2) is 18.2 Å². The van der Waals surface area contributed by atoms with Gasteiger partial charge in [0.05, 0.1) is 17.7 Å². The lowest BCUT2D eigenvalue weighted by Crippen LogP contribution is -2.37. The van der Waals surface area contributed by atoms with Gasteiger partial charge in [-0.2, -0.15) is 17.0 Å². The van der Waals surface area contributed by atoms with Crippen LogP contribution >= 0.6 is 11.8 Å². The lowest BCUT2D eigenvalue weighted by atomic mass is 10.0. The van der Waals surface area contributed by atoms with Crippen LogP contribution in [0.2, 0.25) is 0 Å². The highest BCUT2D eigenvalue weighted by Gasteiger charge is 2.21. The second kappa shape index (κ2) is 5.64. The molecule has 0 aliphatic carbocycles. The summed E-state index contributed by atoms with van der Waals surface area (Å²) in [5.41, 5.74) is 2.57. The molecule has 1 aromatic carbocycles. The highest BCUT2D eigenvalue weighted by molar-refractivity contribution is 8.00. The van der Waals surface area contributed by atoms with Crippen molar-refractivity contribution in [3.05, 3.63) is 29.3 Å². The highest BCUT2D eigenvalue weighted by Crippen LogP contribution is 2.31. The second-order valence-electron chi connectivity index (χ2n) is 4.69. The lowest BCUT2D eigenvalue weighted by molar-refractivity contribution is 0.199. The van der Waals surface area contributed by atoms with Crippen molar-refractivity contribution in [1.82, 2.24) is 0 Å². The maximum atomic E-state index is 9.85. The molecule has 18 heavy (non-hydrogen) atoms. The van der Waals surface area contributed by atoms with Crippen molar-refractivity contribution in [3.8, 4) is 6.07 Å². The van der Waals surface area contributed by atoms with Gasteiger partial charge in [0, 0.05) is 35.3 Å². The fourth-order valence-electron chi connectivity index (χ4n) is 2.28. The molecule has 1 heterocycles. The zero-order valence-electron chi connectivity index (χ0n) is 10.8. The molecule has 4 heteroatoms. The van der Waals surface area contributed by atoms with E-state index in [9.17, 15) is 5.11 Å². The molecule has 0 spiro atoms. The molecule has 2 rings (SSSR count). The van der Waals surface area contributed by atoms with Gasteiger partial charge in [0.25, 0.3) is 0 Å². The molecule has 2 atom stereocenters. The van der Waals surface area contributed by atoms with Gasteiger partial charge in [-0.1, -0.05) is 13.0 Å². The smallest absolute Gasteiger partial charge is 0.0992 e. The van der Waals surface area contributed by atoms with Crippen molar-refractivity contribution in [2.75, 3.05) is 23.7 Å². The second-order valence-corrected chi connectivity index (χ2v) is 6.24. The number of nitrogens with zero attached hydrogens (tertiary/aromatic N) is 2. The molecule has 1 unspecified atom stereocenters. The zero-order chi connectivity index (χ0) is 13.1. The number of anilines is 1. The summed E-state index contributed by atoms with van der Waals surface area (Å²) in [6, 6.07) is 7.70. The normalized spacial score (nSPS) is 21.4. The van der Waals surface area contributed by atoms with Crippen LogP contribution in [0.3, 0.4) is 0 Å². The van der Waals surface area contributed by atoms with E-state index < -0.39 is 6.10 Å². The largest absolute Gasteiger partial charge is 0.389 e. The SMILES string of the molecule is CC1CN(c2cc(C#N)ccc2[C@H](C)O)CCS1. The van der Waals surface area contributed by atoms with Crippen LogP contribution < -0.4 is 4.90 Å². The van der Waals surface area contributed by atoms with Crippen LogP contribution in [-0.4, -0.2) is 29.2 Å². The molecule has 1 aromatic rings. The van der Waals surface area contributed by atoms with Gasteiger partial charge >= 0.3 is 0 Å². The number of aliphatic hydroxyl groups is 1. The van der Waals surface area contributed by atoms with E-state index in [1.807, 2.05) is 23.9 Å². The number of benzene rings is 1. The maximum absolute atomic E-state index is 9.85. The third-order valence-electron chi connectivity index (χ3n) is 3.19. The van der Waals surface area contributed by atoms with Crippen LogP contribution in [0.1, 0.15) is 31.1 Å². The quantitative estimate of drug-likeness (QED) is 0.890. The van der Waals surface area contributed by atoms with Gasteiger partial charge < -0.3 is 10.0 Å². The minimum Gasteiger partial charge on any atom is -0.389 e. The Morgan fingerprint density at radius 1 is 1.56 bits per heavy atom. The summed E-state index contributed by atoms with van der Waals surface area (Å²) in [5.74, 6) is 1.09. The molecule has 0 amide bonds. The van der Waals surface area contributed by atoms with Gasteiger partial charge in [0.15, 0.2) is 0 Å². The molecule has 1 fully saturated rings. The molecule has 3 nitrogen and oxygen atoms in total. The Bertz CT molecular complexity index is 467. The summed E-state index contributed by atoms with van der Waals surface area (Å²) >= 11 is 1.97. The lowest BCUT2D eigenvalue weighted by Gasteiger charge is -2.34. The highest BCUT2D eigenvalue weighted by atomic mass is 32.2. The Labute approximate surface area is 112 Å². The van der Waals surface area contributed by atoms with E-state index in [-0.39, 0.29) is 0 Å². The standard InChI is InChI=1S/C14H18N2OS/c1-10-9-16(5-6-18-10)14-7-12(8-15)3-4-13(14)11(2)17/h3-4,7,10-11,17H,5-6,9H2,1-2H3/t10?,11-/m0/s1. The predicted octanol–water partition coefficient (Wildman–Crippen LogP) is 2.55. The number of aliphatic hydroxyl groups excluding tert-OH is 1. The van der Waals surface area contributed by atoms with Gasteiger partial charge in [-0.25, -0.2) is 0 Å². The molecular weight excluding hydrogens is 244 g/mol. The summed E-state index contributed by atoms with van der Waals surface area (Å²) in [6.07, 6.45) is -0.502. The Morgan fingerprint density at radius 2 is 2.33 bits per heavy atom. The molecule has 0 bridgehead atoms. The van der Waals surface area contributed by atoms with Gasteiger partial charge in [0.1, 0.15) is 0 Å². The van der Waals surface area contributed by atoms with Crippen LogP contribution in [0.5, 0.6) is 0 Å². The summed E-state index contributed by atoms with van der Waals surface area (Å²) in [5, 5.41) is 19.4. The third-order valence-corrected chi connectivity index (χ3v) is 4.33. The summed E-state index contributed by atoms with van der Waals surface area (Å²) < 4.78 is 0. The van der Waals surface area contributed by atoms with E-state index in [1.165, 1.54) is 0 Å². The molecule has 1 aliphatic heterocycles. The summed E-state index contributed by atoms with van der Waals surface area (Å²) in [7, 11) is 0. The fraction of sp³-hybridized carbons (Fsp3) is 0.500. The van der Waals surface area contributed by atoms with Gasteiger partial charge in [-0.3, -0.25) is 0 Å². The molecule has 1 saturated heterocycles. The van der Waals surface area contributed by atoms with E-state index in [1.54, 1.807) is 13.0 Å². The fourth-order valence-corrected chi connectivity index (χ4v) is 3.29. The van der Waals surface area contributed by atoms with Crippen molar-refractivity contribution in [2.24, 2.45) is 0 Å². The van der Waals surface area contributed by atoms with Gasteiger partial charge in [0.2, 0.25) is 0 Å². The minimum atomic E-state index is -0.502. The molecule has 0 saturated carbocycles. The first kappa shape index (κ1) is 13.3.